The molecule has 0 radical (unpaired) electrons. The summed E-state index contributed by atoms with van der Waals surface area (Å²) in [5.74, 6) is 5.00. The van der Waals surface area contributed by atoms with E-state index in [0.717, 1.165) is 10.9 Å². The van der Waals surface area contributed by atoms with Crippen LogP contribution >= 0.6 is 23.7 Å². The van der Waals surface area contributed by atoms with Crippen molar-refractivity contribution in [1.29, 1.82) is 0 Å². The molecule has 2 nitrogen and oxygen atoms in total. The molecule has 76 valence electrons. The summed E-state index contributed by atoms with van der Waals surface area (Å²) in [5, 5.41) is 2.87. The summed E-state index contributed by atoms with van der Waals surface area (Å²) >= 11 is 1.42. The van der Waals surface area contributed by atoms with E-state index in [9.17, 15) is 4.39 Å². The van der Waals surface area contributed by atoms with Gasteiger partial charge in [0.25, 0.3) is 0 Å². The zero-order chi connectivity index (χ0) is 9.42. The summed E-state index contributed by atoms with van der Waals surface area (Å²) in [5.41, 5.74) is 4.12. The van der Waals surface area contributed by atoms with E-state index < -0.39 is 0 Å². The molecule has 14 heavy (non-hydrogen) atoms. The van der Waals surface area contributed by atoms with Crippen LogP contribution in [-0.4, -0.2) is 0 Å². The highest BCUT2D eigenvalue weighted by Gasteiger charge is 2.06. The average Bonchev–Trinajstić information content (AvgIpc) is 2.48. The minimum Gasteiger partial charge on any atom is -0.324 e. The average molecular weight is 233 g/mol. The van der Waals surface area contributed by atoms with Crippen LogP contribution in [0.2, 0.25) is 0 Å². The maximum absolute atomic E-state index is 13.4. The van der Waals surface area contributed by atoms with Crippen molar-refractivity contribution in [1.82, 2.24) is 0 Å². The van der Waals surface area contributed by atoms with Crippen molar-refractivity contribution in [2.24, 2.45) is 5.84 Å². The molecule has 2 rings (SSSR count). The summed E-state index contributed by atoms with van der Waals surface area (Å²) < 4.78 is 14.1. The van der Waals surface area contributed by atoms with E-state index in [1.54, 1.807) is 0 Å². The fraction of sp³-hybridized carbons (Fsp3) is 0.111. The highest BCUT2D eigenvalue weighted by Crippen LogP contribution is 2.30. The first-order chi connectivity index (χ1) is 6.22. The van der Waals surface area contributed by atoms with Gasteiger partial charge in [-0.3, -0.25) is 5.84 Å². The van der Waals surface area contributed by atoms with Crippen LogP contribution in [0.1, 0.15) is 5.56 Å². The van der Waals surface area contributed by atoms with Gasteiger partial charge in [-0.05, 0) is 30.0 Å². The number of rotatable bonds is 1. The number of fused-ring (bicyclic) bond motifs is 1. The molecule has 1 aromatic carbocycles. The molecule has 0 saturated heterocycles. The Morgan fingerprint density at radius 1 is 1.43 bits per heavy atom. The highest BCUT2D eigenvalue weighted by atomic mass is 35.5. The Morgan fingerprint density at radius 3 is 2.79 bits per heavy atom. The van der Waals surface area contributed by atoms with Crippen molar-refractivity contribution in [3.8, 4) is 0 Å². The number of benzene rings is 1. The van der Waals surface area contributed by atoms with Crippen molar-refractivity contribution in [3.05, 3.63) is 28.9 Å². The Labute approximate surface area is 91.3 Å². The lowest BCUT2D eigenvalue weighted by molar-refractivity contribution is 0.642. The normalized spacial score (nSPS) is 9.93. The van der Waals surface area contributed by atoms with E-state index in [-0.39, 0.29) is 18.2 Å². The number of nitrogen functional groups attached to an aromatic ring is 1. The van der Waals surface area contributed by atoms with E-state index in [1.165, 1.54) is 17.4 Å². The predicted molar refractivity (Wildman–Crippen MR) is 61.6 cm³/mol. The number of hydrogen-bond acceptors (Lipinski definition) is 3. The first kappa shape index (κ1) is 11.2. The van der Waals surface area contributed by atoms with Crippen LogP contribution in [-0.2, 0) is 0 Å². The van der Waals surface area contributed by atoms with Crippen LogP contribution in [0.5, 0.6) is 0 Å². The lowest BCUT2D eigenvalue weighted by atomic mass is 10.2. The first-order valence-corrected chi connectivity index (χ1v) is 4.74. The number of anilines is 1. The van der Waals surface area contributed by atoms with Crippen LogP contribution in [0.3, 0.4) is 0 Å². The minimum absolute atomic E-state index is 0. The van der Waals surface area contributed by atoms with Gasteiger partial charge in [0.15, 0.2) is 0 Å². The molecule has 0 unspecified atom stereocenters. The van der Waals surface area contributed by atoms with Gasteiger partial charge in [0, 0.05) is 5.39 Å². The van der Waals surface area contributed by atoms with Crippen LogP contribution in [0.4, 0.5) is 10.1 Å². The Hall–Kier alpha value is -0.840. The molecule has 3 N–H and O–H groups in total. The molecule has 0 fully saturated rings. The van der Waals surface area contributed by atoms with Crippen molar-refractivity contribution in [3.63, 3.8) is 0 Å². The zero-order valence-electron chi connectivity index (χ0n) is 7.50. The Balaban J connectivity index is 0.000000980. The van der Waals surface area contributed by atoms with Gasteiger partial charge >= 0.3 is 0 Å². The summed E-state index contributed by atoms with van der Waals surface area (Å²) in [6.07, 6.45) is 0. The van der Waals surface area contributed by atoms with Crippen molar-refractivity contribution >= 4 is 39.5 Å². The second-order valence-corrected chi connectivity index (χ2v) is 3.78. The molecular weight excluding hydrogens is 223 g/mol. The van der Waals surface area contributed by atoms with Crippen LogP contribution in [0.15, 0.2) is 17.5 Å². The molecule has 1 aromatic heterocycles. The number of hydrogen-bond donors (Lipinski definition) is 2. The van der Waals surface area contributed by atoms with E-state index in [0.29, 0.717) is 10.4 Å². The molecule has 0 spiro atoms. The Morgan fingerprint density at radius 2 is 2.14 bits per heavy atom. The molecule has 0 amide bonds. The van der Waals surface area contributed by atoms with E-state index in [2.05, 4.69) is 5.43 Å². The molecule has 0 saturated carbocycles. The lowest BCUT2D eigenvalue weighted by Crippen LogP contribution is -2.06. The Kier molecular flexibility index (Phi) is 3.31. The van der Waals surface area contributed by atoms with Crippen LogP contribution in [0.25, 0.3) is 10.1 Å². The van der Waals surface area contributed by atoms with Crippen molar-refractivity contribution in [2.45, 2.75) is 6.92 Å². The second-order valence-electron chi connectivity index (χ2n) is 2.90. The smallest absolute Gasteiger partial charge is 0.143 e. The fourth-order valence-electron chi connectivity index (χ4n) is 1.30. The molecule has 0 bridgehead atoms. The third kappa shape index (κ3) is 1.68. The molecule has 0 atom stereocenters. The van der Waals surface area contributed by atoms with Gasteiger partial charge in [-0.2, -0.15) is 0 Å². The van der Waals surface area contributed by atoms with E-state index in [4.69, 9.17) is 5.84 Å². The molecule has 0 aliphatic carbocycles. The quantitative estimate of drug-likeness (QED) is 0.586. The standard InChI is InChI=1S/C9H9FN2S.ClH/c1-5-4-13-9-7(5)2-6(12-11)3-8(9)10;/h2-4,12H,11H2,1H3;1H. The molecular formula is C9H10ClFN2S. The van der Waals surface area contributed by atoms with Gasteiger partial charge in [0.2, 0.25) is 0 Å². The van der Waals surface area contributed by atoms with Crippen molar-refractivity contribution in [2.75, 3.05) is 5.43 Å². The van der Waals surface area contributed by atoms with Crippen LogP contribution < -0.4 is 11.3 Å². The molecule has 1 heterocycles. The summed E-state index contributed by atoms with van der Waals surface area (Å²) in [7, 11) is 0. The minimum atomic E-state index is -0.219. The van der Waals surface area contributed by atoms with E-state index in [1.807, 2.05) is 18.4 Å². The number of hydrazine groups is 1. The summed E-state index contributed by atoms with van der Waals surface area (Å²) in [6, 6.07) is 3.25. The molecule has 0 aliphatic heterocycles. The number of aryl methyl sites for hydroxylation is 1. The van der Waals surface area contributed by atoms with Crippen molar-refractivity contribution < 1.29 is 4.39 Å². The largest absolute Gasteiger partial charge is 0.324 e. The third-order valence-corrected chi connectivity index (χ3v) is 3.11. The SMILES string of the molecule is Cc1csc2c(F)cc(NN)cc12.Cl. The predicted octanol–water partition coefficient (Wildman–Crippen LogP) is 3.06. The van der Waals surface area contributed by atoms with Gasteiger partial charge < -0.3 is 5.43 Å². The molecule has 0 aliphatic rings. The number of nitrogens with one attached hydrogen (secondary N) is 1. The van der Waals surface area contributed by atoms with Gasteiger partial charge in [0.05, 0.1) is 10.4 Å². The molecule has 5 heteroatoms. The third-order valence-electron chi connectivity index (χ3n) is 1.99. The number of halogens is 2. The van der Waals surface area contributed by atoms with Gasteiger partial charge in [-0.1, -0.05) is 0 Å². The van der Waals surface area contributed by atoms with Gasteiger partial charge in [-0.25, -0.2) is 4.39 Å². The molecule has 2 aromatic rings. The van der Waals surface area contributed by atoms with E-state index >= 15 is 0 Å². The second kappa shape index (κ2) is 4.13. The first-order valence-electron chi connectivity index (χ1n) is 3.86. The van der Waals surface area contributed by atoms with Gasteiger partial charge in [0.1, 0.15) is 5.82 Å². The maximum atomic E-state index is 13.4. The highest BCUT2D eigenvalue weighted by molar-refractivity contribution is 7.17. The fourth-order valence-corrected chi connectivity index (χ4v) is 2.24. The number of nitrogens with two attached hydrogens (primary N) is 1. The topological polar surface area (TPSA) is 38.0 Å². The number of thiophene rings is 1. The summed E-state index contributed by atoms with van der Waals surface area (Å²) in [6.45, 7) is 1.96. The lowest BCUT2D eigenvalue weighted by Gasteiger charge is -2.01. The zero-order valence-corrected chi connectivity index (χ0v) is 9.14. The van der Waals surface area contributed by atoms with Gasteiger partial charge in [-0.15, -0.1) is 23.7 Å². The monoisotopic (exact) mass is 232 g/mol. The summed E-state index contributed by atoms with van der Waals surface area (Å²) in [4.78, 5) is 0. The van der Waals surface area contributed by atoms with Crippen LogP contribution in [0, 0.1) is 12.7 Å². The Bertz CT molecular complexity index is 455. The maximum Gasteiger partial charge on any atom is 0.143 e.